The Morgan fingerprint density at radius 1 is 1.04 bits per heavy atom. The standard InChI is InChI=1S/C18H18F3N3/c19-18(20,21)14-6-7-22-17(8-14)24-12-15-9-16(24)11-23(15)10-13-4-2-1-3-5-13/h1-8,15-16H,9-12H2/t15-,16-/m1/s1. The fourth-order valence-electron chi connectivity index (χ4n) is 3.79. The molecule has 2 bridgehead atoms. The molecule has 0 saturated carbocycles. The average molecular weight is 333 g/mol. The van der Waals surface area contributed by atoms with Gasteiger partial charge in [-0.3, -0.25) is 4.90 Å². The Labute approximate surface area is 138 Å². The van der Waals surface area contributed by atoms with Gasteiger partial charge in [0.25, 0.3) is 0 Å². The van der Waals surface area contributed by atoms with E-state index in [1.807, 2.05) is 23.1 Å². The summed E-state index contributed by atoms with van der Waals surface area (Å²) in [7, 11) is 0. The molecule has 2 saturated heterocycles. The summed E-state index contributed by atoms with van der Waals surface area (Å²) in [6.07, 6.45) is -2.08. The van der Waals surface area contributed by atoms with Crippen LogP contribution in [0.25, 0.3) is 0 Å². The molecular weight excluding hydrogens is 315 g/mol. The van der Waals surface area contributed by atoms with Crippen molar-refractivity contribution in [2.75, 3.05) is 18.0 Å². The quantitative estimate of drug-likeness (QED) is 0.856. The van der Waals surface area contributed by atoms with Gasteiger partial charge in [-0.1, -0.05) is 30.3 Å². The van der Waals surface area contributed by atoms with Gasteiger partial charge in [-0.15, -0.1) is 0 Å². The summed E-state index contributed by atoms with van der Waals surface area (Å²) < 4.78 is 38.7. The van der Waals surface area contributed by atoms with Crippen molar-refractivity contribution in [3.63, 3.8) is 0 Å². The second-order valence-electron chi connectivity index (χ2n) is 6.51. The molecule has 1 aromatic carbocycles. The molecule has 0 N–H and O–H groups in total. The lowest BCUT2D eigenvalue weighted by Crippen LogP contribution is -2.46. The van der Waals surface area contributed by atoms with E-state index in [0.717, 1.165) is 32.1 Å². The van der Waals surface area contributed by atoms with Crippen LogP contribution in [-0.2, 0) is 12.7 Å². The van der Waals surface area contributed by atoms with Gasteiger partial charge in [-0.05, 0) is 24.1 Å². The number of likely N-dealkylation sites (tertiary alicyclic amines) is 1. The minimum atomic E-state index is -4.32. The van der Waals surface area contributed by atoms with Crippen LogP contribution in [0, 0.1) is 0 Å². The van der Waals surface area contributed by atoms with Crippen molar-refractivity contribution >= 4 is 5.82 Å². The number of rotatable bonds is 3. The maximum absolute atomic E-state index is 12.9. The van der Waals surface area contributed by atoms with Gasteiger partial charge in [0.1, 0.15) is 5.82 Å². The number of nitrogens with zero attached hydrogens (tertiary/aromatic N) is 3. The highest BCUT2D eigenvalue weighted by atomic mass is 19.4. The fourth-order valence-corrected chi connectivity index (χ4v) is 3.79. The molecule has 0 unspecified atom stereocenters. The molecule has 0 spiro atoms. The van der Waals surface area contributed by atoms with E-state index in [1.54, 1.807) is 0 Å². The molecule has 3 heterocycles. The molecule has 0 radical (unpaired) electrons. The van der Waals surface area contributed by atoms with Crippen molar-refractivity contribution in [3.8, 4) is 0 Å². The number of alkyl halides is 3. The monoisotopic (exact) mass is 333 g/mol. The van der Waals surface area contributed by atoms with Crippen molar-refractivity contribution < 1.29 is 13.2 Å². The van der Waals surface area contributed by atoms with Crippen molar-refractivity contribution in [1.82, 2.24) is 9.88 Å². The molecule has 4 rings (SSSR count). The zero-order valence-corrected chi connectivity index (χ0v) is 13.1. The normalized spacial score (nSPS) is 23.9. The van der Waals surface area contributed by atoms with Crippen LogP contribution in [0.15, 0.2) is 48.7 Å². The summed E-state index contributed by atoms with van der Waals surface area (Å²) in [6, 6.07) is 13.1. The topological polar surface area (TPSA) is 19.4 Å². The van der Waals surface area contributed by atoms with Gasteiger partial charge in [-0.25, -0.2) is 4.98 Å². The molecular formula is C18H18F3N3. The molecule has 2 atom stereocenters. The highest BCUT2D eigenvalue weighted by Crippen LogP contribution is 2.36. The lowest BCUT2D eigenvalue weighted by molar-refractivity contribution is -0.137. The van der Waals surface area contributed by atoms with E-state index in [-0.39, 0.29) is 6.04 Å². The summed E-state index contributed by atoms with van der Waals surface area (Å²) in [4.78, 5) is 8.62. The molecule has 24 heavy (non-hydrogen) atoms. The van der Waals surface area contributed by atoms with Gasteiger partial charge < -0.3 is 4.90 Å². The molecule has 2 aliphatic heterocycles. The fraction of sp³-hybridized carbons (Fsp3) is 0.389. The van der Waals surface area contributed by atoms with E-state index in [2.05, 4.69) is 22.0 Å². The third-order valence-electron chi connectivity index (χ3n) is 4.95. The Bertz CT molecular complexity index is 717. The largest absolute Gasteiger partial charge is 0.416 e. The van der Waals surface area contributed by atoms with Crippen LogP contribution in [-0.4, -0.2) is 35.1 Å². The van der Waals surface area contributed by atoms with Crippen LogP contribution in [0.1, 0.15) is 17.5 Å². The first-order valence-corrected chi connectivity index (χ1v) is 8.08. The van der Waals surface area contributed by atoms with Crippen LogP contribution >= 0.6 is 0 Å². The molecule has 1 aromatic heterocycles. The minimum absolute atomic E-state index is 0.245. The van der Waals surface area contributed by atoms with E-state index >= 15 is 0 Å². The van der Waals surface area contributed by atoms with Gasteiger partial charge in [0, 0.05) is 37.9 Å². The SMILES string of the molecule is FC(F)(F)c1ccnc(N2C[C@H]3C[C@@H]2CN3Cc2ccccc2)c1. The van der Waals surface area contributed by atoms with E-state index in [1.165, 1.54) is 17.8 Å². The Morgan fingerprint density at radius 3 is 2.50 bits per heavy atom. The van der Waals surface area contributed by atoms with Gasteiger partial charge in [0.05, 0.1) is 5.56 Å². The highest BCUT2D eigenvalue weighted by molar-refractivity contribution is 5.46. The summed E-state index contributed by atoms with van der Waals surface area (Å²) in [6.45, 7) is 2.51. The third-order valence-corrected chi connectivity index (χ3v) is 4.95. The lowest BCUT2D eigenvalue weighted by atomic mass is 10.2. The molecule has 0 aliphatic carbocycles. The molecule has 126 valence electrons. The minimum Gasteiger partial charge on any atom is -0.351 e. The zero-order valence-electron chi connectivity index (χ0n) is 13.1. The molecule has 3 nitrogen and oxygen atoms in total. The van der Waals surface area contributed by atoms with Crippen LogP contribution in [0.4, 0.5) is 19.0 Å². The number of fused-ring (bicyclic) bond motifs is 2. The number of hydrogen-bond donors (Lipinski definition) is 0. The van der Waals surface area contributed by atoms with Crippen LogP contribution in [0.3, 0.4) is 0 Å². The smallest absolute Gasteiger partial charge is 0.351 e. The van der Waals surface area contributed by atoms with Gasteiger partial charge in [-0.2, -0.15) is 13.2 Å². The number of hydrogen-bond acceptors (Lipinski definition) is 3. The Hall–Kier alpha value is -2.08. The Morgan fingerprint density at radius 2 is 1.83 bits per heavy atom. The van der Waals surface area contributed by atoms with E-state index in [9.17, 15) is 13.2 Å². The zero-order chi connectivity index (χ0) is 16.7. The van der Waals surface area contributed by atoms with E-state index in [4.69, 9.17) is 0 Å². The predicted molar refractivity (Wildman–Crippen MR) is 85.6 cm³/mol. The van der Waals surface area contributed by atoms with Gasteiger partial charge in [0.15, 0.2) is 0 Å². The summed E-state index contributed by atoms with van der Waals surface area (Å²) in [5.74, 6) is 0.441. The molecule has 2 fully saturated rings. The van der Waals surface area contributed by atoms with Crippen molar-refractivity contribution in [2.45, 2.75) is 31.2 Å². The molecule has 6 heteroatoms. The first kappa shape index (κ1) is 15.4. The number of benzene rings is 1. The number of aromatic nitrogens is 1. The molecule has 2 aromatic rings. The summed E-state index contributed by atoms with van der Waals surface area (Å²) in [5, 5.41) is 0. The maximum atomic E-state index is 12.9. The molecule has 2 aliphatic rings. The molecule has 0 amide bonds. The van der Waals surface area contributed by atoms with Crippen LogP contribution < -0.4 is 4.90 Å². The Balaban J connectivity index is 1.47. The van der Waals surface area contributed by atoms with Crippen molar-refractivity contribution in [1.29, 1.82) is 0 Å². The van der Waals surface area contributed by atoms with Crippen LogP contribution in [0.2, 0.25) is 0 Å². The second kappa shape index (κ2) is 5.77. The maximum Gasteiger partial charge on any atom is 0.416 e. The van der Waals surface area contributed by atoms with Crippen molar-refractivity contribution in [2.24, 2.45) is 0 Å². The first-order chi connectivity index (χ1) is 11.5. The number of halogens is 3. The first-order valence-electron chi connectivity index (χ1n) is 8.08. The van der Waals surface area contributed by atoms with Gasteiger partial charge >= 0.3 is 6.18 Å². The number of pyridine rings is 1. The van der Waals surface area contributed by atoms with Gasteiger partial charge in [0.2, 0.25) is 0 Å². The summed E-state index contributed by atoms with van der Waals surface area (Å²) in [5.41, 5.74) is 0.644. The van der Waals surface area contributed by atoms with E-state index < -0.39 is 11.7 Å². The van der Waals surface area contributed by atoms with Crippen molar-refractivity contribution in [3.05, 3.63) is 59.8 Å². The van der Waals surface area contributed by atoms with E-state index in [0.29, 0.717) is 11.9 Å². The number of anilines is 1. The lowest BCUT2D eigenvalue weighted by Gasteiger charge is -2.35. The third kappa shape index (κ3) is 2.86. The predicted octanol–water partition coefficient (Wildman–Crippen LogP) is 3.56. The second-order valence-corrected chi connectivity index (χ2v) is 6.51. The average Bonchev–Trinajstić information content (AvgIpc) is 3.15. The van der Waals surface area contributed by atoms with Crippen LogP contribution in [0.5, 0.6) is 0 Å². The Kier molecular flexibility index (Phi) is 3.72. The summed E-state index contributed by atoms with van der Waals surface area (Å²) >= 11 is 0. The highest BCUT2D eigenvalue weighted by Gasteiger charge is 2.44. The number of piperazine rings is 1.